The number of aliphatic hydroxyl groups is 1. The Kier molecular flexibility index (Phi) is 4.91. The van der Waals surface area contributed by atoms with Crippen molar-refractivity contribution in [1.82, 2.24) is 9.97 Å². The number of rotatable bonds is 4. The van der Waals surface area contributed by atoms with Crippen LogP contribution < -0.4 is 4.90 Å². The molecule has 0 aliphatic carbocycles. The normalized spacial score (nSPS) is 20.2. The van der Waals surface area contributed by atoms with Crippen molar-refractivity contribution in [3.8, 4) is 0 Å². The number of aromatic nitrogens is 2. The quantitative estimate of drug-likeness (QED) is 0.851. The maximum absolute atomic E-state index is 9.16. The van der Waals surface area contributed by atoms with Crippen molar-refractivity contribution in [2.24, 2.45) is 0 Å². The highest BCUT2D eigenvalue weighted by molar-refractivity contribution is 9.10. The first-order chi connectivity index (χ1) is 8.72. The minimum absolute atomic E-state index is 0.0462. The molecule has 1 aromatic heterocycles. The molecule has 1 saturated heterocycles. The highest BCUT2D eigenvalue weighted by Crippen LogP contribution is 2.19. The molecule has 0 bridgehead atoms. The van der Waals surface area contributed by atoms with Gasteiger partial charge in [0, 0.05) is 25.6 Å². The summed E-state index contributed by atoms with van der Waals surface area (Å²) >= 11 is 3.42. The molecule has 0 radical (unpaired) electrons. The minimum Gasteiger partial charge on any atom is -0.394 e. The topological polar surface area (TPSA) is 58.5 Å². The summed E-state index contributed by atoms with van der Waals surface area (Å²) in [6, 6.07) is 1.92. The molecule has 1 aromatic rings. The lowest BCUT2D eigenvalue weighted by Gasteiger charge is -2.33. The van der Waals surface area contributed by atoms with Crippen molar-refractivity contribution in [2.45, 2.75) is 25.9 Å². The zero-order valence-electron chi connectivity index (χ0n) is 10.5. The van der Waals surface area contributed by atoms with Crippen molar-refractivity contribution in [2.75, 3.05) is 31.2 Å². The summed E-state index contributed by atoms with van der Waals surface area (Å²) in [5.74, 6) is 1.76. The van der Waals surface area contributed by atoms with Crippen LogP contribution in [0.5, 0.6) is 0 Å². The van der Waals surface area contributed by atoms with Crippen molar-refractivity contribution in [3.05, 3.63) is 16.5 Å². The van der Waals surface area contributed by atoms with Gasteiger partial charge in [-0.3, -0.25) is 0 Å². The van der Waals surface area contributed by atoms with E-state index in [1.807, 2.05) is 6.07 Å². The molecule has 18 heavy (non-hydrogen) atoms. The lowest BCUT2D eigenvalue weighted by molar-refractivity contribution is 0.00334. The summed E-state index contributed by atoms with van der Waals surface area (Å²) in [4.78, 5) is 11.1. The third-order valence-corrected chi connectivity index (χ3v) is 3.27. The van der Waals surface area contributed by atoms with E-state index >= 15 is 0 Å². The second-order valence-electron chi connectivity index (χ2n) is 4.34. The summed E-state index contributed by atoms with van der Waals surface area (Å²) in [6.45, 7) is 4.25. The first kappa shape index (κ1) is 13.7. The van der Waals surface area contributed by atoms with Crippen LogP contribution in [0.15, 0.2) is 10.7 Å². The molecule has 1 atom stereocenters. The molecule has 1 N–H and O–H groups in total. The fourth-order valence-corrected chi connectivity index (χ4v) is 2.40. The number of ether oxygens (including phenoxy) is 1. The average Bonchev–Trinajstić information content (AvgIpc) is 2.38. The van der Waals surface area contributed by atoms with E-state index in [0.29, 0.717) is 13.2 Å². The van der Waals surface area contributed by atoms with E-state index in [1.165, 1.54) is 0 Å². The van der Waals surface area contributed by atoms with Gasteiger partial charge < -0.3 is 14.7 Å². The highest BCUT2D eigenvalue weighted by Gasteiger charge is 2.21. The third-order valence-electron chi connectivity index (χ3n) is 2.87. The molecule has 2 rings (SSSR count). The maximum atomic E-state index is 9.16. The molecule has 1 aliphatic rings. The number of hydrogen-bond donors (Lipinski definition) is 1. The third kappa shape index (κ3) is 3.40. The van der Waals surface area contributed by atoms with E-state index in [0.717, 1.165) is 35.6 Å². The molecule has 1 fully saturated rings. The van der Waals surface area contributed by atoms with Crippen LogP contribution in [0.4, 0.5) is 5.82 Å². The van der Waals surface area contributed by atoms with Crippen LogP contribution in [0.1, 0.15) is 19.2 Å². The lowest BCUT2D eigenvalue weighted by Crippen LogP contribution is -2.44. The molecule has 1 unspecified atom stereocenters. The monoisotopic (exact) mass is 315 g/mol. The highest BCUT2D eigenvalue weighted by atomic mass is 79.9. The number of aryl methyl sites for hydroxylation is 1. The van der Waals surface area contributed by atoms with Crippen LogP contribution in [0.25, 0.3) is 0 Å². The zero-order chi connectivity index (χ0) is 13.0. The van der Waals surface area contributed by atoms with Crippen LogP contribution in [0.3, 0.4) is 0 Å². The number of aliphatic hydroxyl groups excluding tert-OH is 1. The number of nitrogens with zero attached hydrogens (tertiary/aromatic N) is 3. The Morgan fingerprint density at radius 2 is 2.39 bits per heavy atom. The smallest absolute Gasteiger partial charge is 0.133 e. The van der Waals surface area contributed by atoms with E-state index in [4.69, 9.17) is 9.84 Å². The van der Waals surface area contributed by atoms with Crippen molar-refractivity contribution < 1.29 is 9.84 Å². The van der Waals surface area contributed by atoms with Gasteiger partial charge in [0.2, 0.25) is 0 Å². The van der Waals surface area contributed by atoms with Gasteiger partial charge in [-0.25, -0.2) is 9.97 Å². The fraction of sp³-hybridized carbons (Fsp3) is 0.667. The number of hydrogen-bond acceptors (Lipinski definition) is 5. The largest absolute Gasteiger partial charge is 0.394 e. The standard InChI is InChI=1S/C12H18BrN3O2/c1-2-3-11-14-10(13)6-12(15-11)16-4-5-18-9(7-16)8-17/h6,9,17H,2-5,7-8H2,1H3. The summed E-state index contributed by atoms with van der Waals surface area (Å²) < 4.78 is 6.25. The Hall–Kier alpha value is -0.720. The Morgan fingerprint density at radius 3 is 3.11 bits per heavy atom. The average molecular weight is 316 g/mol. The predicted molar refractivity (Wildman–Crippen MR) is 72.8 cm³/mol. The van der Waals surface area contributed by atoms with E-state index in [2.05, 4.69) is 37.7 Å². The van der Waals surface area contributed by atoms with Gasteiger partial charge in [-0.15, -0.1) is 0 Å². The van der Waals surface area contributed by atoms with Gasteiger partial charge in [0.15, 0.2) is 0 Å². The molecule has 0 spiro atoms. The van der Waals surface area contributed by atoms with Crippen LogP contribution >= 0.6 is 15.9 Å². The molecular formula is C12H18BrN3O2. The molecule has 0 aromatic carbocycles. The summed E-state index contributed by atoms with van der Waals surface area (Å²) in [7, 11) is 0. The SMILES string of the molecule is CCCc1nc(Br)cc(N2CCOC(CO)C2)n1. The second kappa shape index (κ2) is 6.45. The summed E-state index contributed by atoms with van der Waals surface area (Å²) in [5, 5.41) is 9.16. The van der Waals surface area contributed by atoms with Gasteiger partial charge in [0.1, 0.15) is 16.2 Å². The van der Waals surface area contributed by atoms with Crippen molar-refractivity contribution in [3.63, 3.8) is 0 Å². The fourth-order valence-electron chi connectivity index (χ4n) is 1.99. The number of halogens is 1. The van der Waals surface area contributed by atoms with Crippen molar-refractivity contribution in [1.29, 1.82) is 0 Å². The van der Waals surface area contributed by atoms with Crippen LogP contribution in [-0.2, 0) is 11.2 Å². The predicted octanol–water partition coefficient (Wildman–Crippen LogP) is 1.39. The van der Waals surface area contributed by atoms with Crippen LogP contribution in [0.2, 0.25) is 0 Å². The summed E-state index contributed by atoms with van der Waals surface area (Å²) in [6.07, 6.45) is 1.78. The molecule has 5 nitrogen and oxygen atoms in total. The number of anilines is 1. The molecule has 1 aliphatic heterocycles. The first-order valence-corrected chi connectivity index (χ1v) is 7.03. The molecule has 2 heterocycles. The molecule has 6 heteroatoms. The van der Waals surface area contributed by atoms with Gasteiger partial charge >= 0.3 is 0 Å². The van der Waals surface area contributed by atoms with E-state index < -0.39 is 0 Å². The van der Waals surface area contributed by atoms with Gasteiger partial charge in [0.05, 0.1) is 19.3 Å². The van der Waals surface area contributed by atoms with Gasteiger partial charge in [-0.2, -0.15) is 0 Å². The zero-order valence-corrected chi connectivity index (χ0v) is 12.1. The molecule has 0 amide bonds. The van der Waals surface area contributed by atoms with E-state index in [9.17, 15) is 0 Å². The van der Waals surface area contributed by atoms with Crippen LogP contribution in [0, 0.1) is 0 Å². The molecule has 100 valence electrons. The lowest BCUT2D eigenvalue weighted by atomic mass is 10.2. The van der Waals surface area contributed by atoms with E-state index in [1.54, 1.807) is 0 Å². The Bertz CT molecular complexity index is 403. The first-order valence-electron chi connectivity index (χ1n) is 6.23. The number of morpholine rings is 1. The van der Waals surface area contributed by atoms with E-state index in [-0.39, 0.29) is 12.7 Å². The Labute approximate surface area is 115 Å². The van der Waals surface area contributed by atoms with Gasteiger partial charge in [0.25, 0.3) is 0 Å². The van der Waals surface area contributed by atoms with Gasteiger partial charge in [-0.1, -0.05) is 6.92 Å². The van der Waals surface area contributed by atoms with Crippen LogP contribution in [-0.4, -0.2) is 47.5 Å². The summed E-state index contributed by atoms with van der Waals surface area (Å²) in [5.41, 5.74) is 0. The minimum atomic E-state index is -0.123. The molecule has 0 saturated carbocycles. The second-order valence-corrected chi connectivity index (χ2v) is 5.15. The Balaban J connectivity index is 2.16. The molecular weight excluding hydrogens is 298 g/mol. The van der Waals surface area contributed by atoms with Crippen molar-refractivity contribution >= 4 is 21.7 Å². The Morgan fingerprint density at radius 1 is 1.56 bits per heavy atom. The van der Waals surface area contributed by atoms with Gasteiger partial charge in [-0.05, 0) is 22.4 Å². The maximum Gasteiger partial charge on any atom is 0.133 e.